The molecule has 2 aromatic rings. The maximum Gasteiger partial charge on any atom is 0.265 e. The van der Waals surface area contributed by atoms with Crippen LogP contribution in [0.15, 0.2) is 24.5 Å². The van der Waals surface area contributed by atoms with Crippen LogP contribution < -0.4 is 5.32 Å². The van der Waals surface area contributed by atoms with E-state index in [2.05, 4.69) is 22.1 Å². The summed E-state index contributed by atoms with van der Waals surface area (Å²) in [5, 5.41) is 11.5. The topological polar surface area (TPSA) is 62.2 Å². The number of carbonyl (C=O) groups excluding carboxylic acids is 1. The Balaban J connectivity index is 2.17. The van der Waals surface area contributed by atoms with Crippen molar-refractivity contribution >= 4 is 22.9 Å². The van der Waals surface area contributed by atoms with E-state index in [1.807, 2.05) is 19.9 Å². The van der Waals surface area contributed by atoms with E-state index in [1.54, 1.807) is 18.5 Å². The summed E-state index contributed by atoms with van der Waals surface area (Å²) in [6.07, 6.45) is 3.34. The van der Waals surface area contributed by atoms with Crippen molar-refractivity contribution in [2.24, 2.45) is 0 Å². The van der Waals surface area contributed by atoms with Gasteiger partial charge in [-0.25, -0.2) is 0 Å². The maximum atomic E-state index is 12.1. The minimum Gasteiger partial charge on any atom is -0.384 e. The lowest BCUT2D eigenvalue weighted by Crippen LogP contribution is -2.10. The Hall–Kier alpha value is -2.16. The highest BCUT2D eigenvalue weighted by Crippen LogP contribution is 2.22. The standard InChI is InChI=1S/C15H14N2O2S/c1-10-6-12(9-16-8-10)17-15(19)14-7-11(2)13(20-14)4-3-5-18/h6-9,18H,5H2,1-2H3,(H,17,19). The van der Waals surface area contributed by atoms with Crippen molar-refractivity contribution in [3.8, 4) is 11.8 Å². The monoisotopic (exact) mass is 286 g/mol. The zero-order valence-corrected chi connectivity index (χ0v) is 12.0. The average Bonchev–Trinajstić information content (AvgIpc) is 2.78. The van der Waals surface area contributed by atoms with Gasteiger partial charge >= 0.3 is 0 Å². The molecule has 0 aromatic carbocycles. The van der Waals surface area contributed by atoms with Gasteiger partial charge in [-0.1, -0.05) is 11.8 Å². The number of thiophene rings is 1. The van der Waals surface area contributed by atoms with Gasteiger partial charge in [-0.3, -0.25) is 9.78 Å². The van der Waals surface area contributed by atoms with E-state index in [9.17, 15) is 4.79 Å². The smallest absolute Gasteiger partial charge is 0.265 e. The van der Waals surface area contributed by atoms with Gasteiger partial charge in [-0.15, -0.1) is 11.3 Å². The Kier molecular flexibility index (Phi) is 4.51. The van der Waals surface area contributed by atoms with Gasteiger partial charge in [0, 0.05) is 6.20 Å². The third-order valence-corrected chi connectivity index (χ3v) is 3.71. The molecule has 2 rings (SSSR count). The van der Waals surface area contributed by atoms with Crippen LogP contribution in [-0.4, -0.2) is 22.6 Å². The molecule has 102 valence electrons. The minimum absolute atomic E-state index is 0.178. The Morgan fingerprint density at radius 2 is 2.20 bits per heavy atom. The van der Waals surface area contributed by atoms with Crippen LogP contribution in [0.5, 0.6) is 0 Å². The fourth-order valence-corrected chi connectivity index (χ4v) is 2.60. The Morgan fingerprint density at radius 3 is 2.90 bits per heavy atom. The van der Waals surface area contributed by atoms with Crippen molar-refractivity contribution in [1.29, 1.82) is 0 Å². The first-order valence-electron chi connectivity index (χ1n) is 6.03. The number of hydrogen-bond acceptors (Lipinski definition) is 4. The molecule has 2 N–H and O–H groups in total. The van der Waals surface area contributed by atoms with Crippen molar-refractivity contribution in [1.82, 2.24) is 4.98 Å². The molecule has 0 saturated carbocycles. The molecule has 0 saturated heterocycles. The Bertz CT molecular complexity index is 695. The molecule has 5 heteroatoms. The number of carbonyl (C=O) groups is 1. The molecular weight excluding hydrogens is 272 g/mol. The molecule has 0 atom stereocenters. The van der Waals surface area contributed by atoms with Crippen molar-refractivity contribution in [3.05, 3.63) is 45.4 Å². The third-order valence-electron chi connectivity index (χ3n) is 2.56. The number of rotatable bonds is 2. The van der Waals surface area contributed by atoms with Gasteiger partial charge in [-0.2, -0.15) is 0 Å². The quantitative estimate of drug-likeness (QED) is 0.833. The highest BCUT2D eigenvalue weighted by molar-refractivity contribution is 7.14. The van der Waals surface area contributed by atoms with Gasteiger partial charge in [0.1, 0.15) is 6.61 Å². The largest absolute Gasteiger partial charge is 0.384 e. The van der Waals surface area contributed by atoms with Crippen LogP contribution in [0.25, 0.3) is 0 Å². The zero-order chi connectivity index (χ0) is 14.5. The van der Waals surface area contributed by atoms with E-state index < -0.39 is 0 Å². The van der Waals surface area contributed by atoms with Crippen LogP contribution in [0.1, 0.15) is 25.7 Å². The van der Waals surface area contributed by atoms with E-state index in [0.717, 1.165) is 16.0 Å². The minimum atomic E-state index is -0.187. The van der Waals surface area contributed by atoms with Gasteiger partial charge in [0.25, 0.3) is 5.91 Å². The predicted octanol–water partition coefficient (Wildman–Crippen LogP) is 2.36. The molecule has 0 bridgehead atoms. The molecule has 0 unspecified atom stereocenters. The highest BCUT2D eigenvalue weighted by atomic mass is 32.1. The Morgan fingerprint density at radius 1 is 1.40 bits per heavy atom. The first-order valence-corrected chi connectivity index (χ1v) is 6.85. The number of nitrogens with one attached hydrogen (secondary N) is 1. The number of aryl methyl sites for hydroxylation is 2. The summed E-state index contributed by atoms with van der Waals surface area (Å²) >= 11 is 1.31. The molecule has 2 heterocycles. The molecule has 0 aliphatic carbocycles. The summed E-state index contributed by atoms with van der Waals surface area (Å²) in [6, 6.07) is 3.66. The molecule has 0 fully saturated rings. The number of aliphatic hydroxyl groups is 1. The maximum absolute atomic E-state index is 12.1. The number of nitrogens with zero attached hydrogens (tertiary/aromatic N) is 1. The van der Waals surface area contributed by atoms with E-state index in [-0.39, 0.29) is 12.5 Å². The van der Waals surface area contributed by atoms with E-state index >= 15 is 0 Å². The molecule has 0 aliphatic heterocycles. The second kappa shape index (κ2) is 6.33. The van der Waals surface area contributed by atoms with E-state index in [4.69, 9.17) is 5.11 Å². The van der Waals surface area contributed by atoms with Crippen LogP contribution in [0.4, 0.5) is 5.69 Å². The highest BCUT2D eigenvalue weighted by Gasteiger charge is 2.12. The van der Waals surface area contributed by atoms with Crippen LogP contribution in [0, 0.1) is 25.7 Å². The fourth-order valence-electron chi connectivity index (χ4n) is 1.65. The SMILES string of the molecule is Cc1cncc(NC(=O)c2cc(C)c(C#CCO)s2)c1. The first kappa shape index (κ1) is 14.3. The van der Waals surface area contributed by atoms with Gasteiger partial charge in [0.2, 0.25) is 0 Å². The van der Waals surface area contributed by atoms with Crippen molar-refractivity contribution < 1.29 is 9.90 Å². The number of amides is 1. The third kappa shape index (κ3) is 3.44. The summed E-state index contributed by atoms with van der Waals surface area (Å²) in [7, 11) is 0. The number of hydrogen-bond donors (Lipinski definition) is 2. The molecule has 1 amide bonds. The molecule has 0 radical (unpaired) electrons. The summed E-state index contributed by atoms with van der Waals surface area (Å²) in [5.41, 5.74) is 2.59. The summed E-state index contributed by atoms with van der Waals surface area (Å²) in [4.78, 5) is 17.6. The number of pyridine rings is 1. The second-order valence-electron chi connectivity index (χ2n) is 4.29. The van der Waals surface area contributed by atoms with Gasteiger partial charge < -0.3 is 10.4 Å². The Labute approximate surface area is 121 Å². The van der Waals surface area contributed by atoms with E-state index in [0.29, 0.717) is 10.6 Å². The van der Waals surface area contributed by atoms with Gasteiger partial charge in [-0.05, 0) is 37.1 Å². The van der Waals surface area contributed by atoms with Crippen molar-refractivity contribution in [2.45, 2.75) is 13.8 Å². The summed E-state index contributed by atoms with van der Waals surface area (Å²) < 4.78 is 0. The lowest BCUT2D eigenvalue weighted by atomic mass is 10.2. The molecule has 0 spiro atoms. The van der Waals surface area contributed by atoms with E-state index in [1.165, 1.54) is 11.3 Å². The van der Waals surface area contributed by atoms with Gasteiger partial charge in [0.05, 0.1) is 21.6 Å². The van der Waals surface area contributed by atoms with Crippen LogP contribution in [0.2, 0.25) is 0 Å². The number of aliphatic hydroxyl groups excluding tert-OH is 1. The normalized spacial score (nSPS) is 9.75. The molecule has 4 nitrogen and oxygen atoms in total. The van der Waals surface area contributed by atoms with Gasteiger partial charge in [0.15, 0.2) is 0 Å². The summed E-state index contributed by atoms with van der Waals surface area (Å²) in [5.74, 6) is 5.25. The lowest BCUT2D eigenvalue weighted by Gasteiger charge is -2.03. The van der Waals surface area contributed by atoms with Crippen LogP contribution >= 0.6 is 11.3 Å². The second-order valence-corrected chi connectivity index (χ2v) is 5.34. The molecule has 2 aromatic heterocycles. The fraction of sp³-hybridized carbons (Fsp3) is 0.200. The molecular formula is C15H14N2O2S. The van der Waals surface area contributed by atoms with Crippen molar-refractivity contribution in [3.63, 3.8) is 0 Å². The predicted molar refractivity (Wildman–Crippen MR) is 79.9 cm³/mol. The summed E-state index contributed by atoms with van der Waals surface area (Å²) in [6.45, 7) is 3.62. The van der Waals surface area contributed by atoms with Crippen LogP contribution in [-0.2, 0) is 0 Å². The average molecular weight is 286 g/mol. The van der Waals surface area contributed by atoms with Crippen LogP contribution in [0.3, 0.4) is 0 Å². The van der Waals surface area contributed by atoms with Crippen molar-refractivity contribution in [2.75, 3.05) is 11.9 Å². The number of anilines is 1. The lowest BCUT2D eigenvalue weighted by molar-refractivity contribution is 0.103. The first-order chi connectivity index (χ1) is 9.60. The molecule has 0 aliphatic rings. The number of aromatic nitrogens is 1. The molecule has 20 heavy (non-hydrogen) atoms. The zero-order valence-electron chi connectivity index (χ0n) is 11.2.